The molecule has 3 aliphatic carbocycles. The zero-order chi connectivity index (χ0) is 29.4. The predicted octanol–water partition coefficient (Wildman–Crippen LogP) is 6.48. The van der Waals surface area contributed by atoms with E-state index in [0.717, 1.165) is 25.7 Å². The van der Waals surface area contributed by atoms with Crippen LogP contribution in [0.4, 0.5) is 15.0 Å². The minimum absolute atomic E-state index is 0.0218. The van der Waals surface area contributed by atoms with E-state index in [9.17, 15) is 9.59 Å². The number of aromatic amines is 1. The molecule has 7 rings (SSSR count). The summed E-state index contributed by atoms with van der Waals surface area (Å²) >= 11 is 13.5. The van der Waals surface area contributed by atoms with Crippen LogP contribution in [0.25, 0.3) is 33.1 Å². The molecular weight excluding hydrogens is 610 g/mol. The molecule has 0 unspecified atom stereocenters. The average molecular weight is 636 g/mol. The molecule has 0 aromatic carbocycles. The standard InChI is InChI=1S/C27H25Cl2FN6O5S/c1-2-39-27(38)41-11-40-26(37)18-12-3-5-13(6-4-12)20(18)34-24-19(30)22(15-7-8-17(29)42-15)35-23(36-24)14-9-31-25-21(14)33-16(28)10-32-25/h7-10,12-13,18,20H,2-6,11H2,1H3,(H,31,32)(H,34,35,36)/t12?,13?,18-,20-/m0/s1. The second kappa shape index (κ2) is 12.0. The lowest BCUT2D eigenvalue weighted by atomic mass is 9.61. The van der Waals surface area contributed by atoms with Crippen molar-refractivity contribution in [3.8, 4) is 22.0 Å². The number of H-pyrrole nitrogens is 1. The van der Waals surface area contributed by atoms with Crippen molar-refractivity contribution in [3.63, 3.8) is 0 Å². The van der Waals surface area contributed by atoms with Crippen LogP contribution >= 0.6 is 34.5 Å². The SMILES string of the molecule is CCOC(=O)OCOC(=O)[C@H]1C2CCC(CC2)[C@@H]1Nc1nc(-c2c[nH]c3ncc(Cl)nc23)nc(-c2ccc(Cl)s2)c1F. The molecule has 4 aromatic heterocycles. The molecule has 3 saturated carbocycles. The highest BCUT2D eigenvalue weighted by molar-refractivity contribution is 7.19. The molecule has 0 radical (unpaired) electrons. The molecule has 4 aromatic rings. The van der Waals surface area contributed by atoms with E-state index in [4.69, 9.17) is 37.4 Å². The Morgan fingerprint density at radius 2 is 1.88 bits per heavy atom. The number of halogens is 3. The topological polar surface area (TPSA) is 141 Å². The number of fused-ring (bicyclic) bond motifs is 4. The van der Waals surface area contributed by atoms with E-state index >= 15 is 4.39 Å². The Morgan fingerprint density at radius 3 is 2.62 bits per heavy atom. The number of ether oxygens (including phenoxy) is 3. The van der Waals surface area contributed by atoms with E-state index < -0.39 is 36.7 Å². The molecule has 15 heteroatoms. The van der Waals surface area contributed by atoms with Gasteiger partial charge in [-0.25, -0.2) is 29.1 Å². The molecule has 2 N–H and O–H groups in total. The number of thiophene rings is 1. The number of hydrogen-bond donors (Lipinski definition) is 2. The summed E-state index contributed by atoms with van der Waals surface area (Å²) in [6.45, 7) is 1.20. The first-order valence-corrected chi connectivity index (χ1v) is 15.0. The van der Waals surface area contributed by atoms with Crippen molar-refractivity contribution in [1.29, 1.82) is 0 Å². The molecule has 4 heterocycles. The highest BCUT2D eigenvalue weighted by Crippen LogP contribution is 2.47. The third kappa shape index (κ3) is 5.60. The molecule has 11 nitrogen and oxygen atoms in total. The van der Waals surface area contributed by atoms with Crippen molar-refractivity contribution in [2.45, 2.75) is 38.6 Å². The molecule has 2 atom stereocenters. The summed E-state index contributed by atoms with van der Waals surface area (Å²) in [6.07, 6.45) is 5.54. The second-order valence-corrected chi connectivity index (χ2v) is 12.1. The number of rotatable bonds is 8. The summed E-state index contributed by atoms with van der Waals surface area (Å²) in [6, 6.07) is 2.88. The second-order valence-electron chi connectivity index (χ2n) is 10.0. The number of carbonyl (C=O) groups excluding carboxylic acids is 2. The summed E-state index contributed by atoms with van der Waals surface area (Å²) in [5.74, 6) is -1.60. The lowest BCUT2D eigenvalue weighted by Crippen LogP contribution is -2.52. The van der Waals surface area contributed by atoms with E-state index in [1.165, 1.54) is 17.5 Å². The minimum Gasteiger partial charge on any atom is -0.435 e. The summed E-state index contributed by atoms with van der Waals surface area (Å²) < 4.78 is 31.5. The number of anilines is 1. The maximum atomic E-state index is 16.2. The van der Waals surface area contributed by atoms with Gasteiger partial charge in [0.15, 0.2) is 23.1 Å². The first kappa shape index (κ1) is 28.6. The van der Waals surface area contributed by atoms with Gasteiger partial charge in [0, 0.05) is 12.2 Å². The Labute approximate surface area is 253 Å². The molecule has 0 amide bonds. The molecular formula is C27H25Cl2FN6O5S. The molecule has 3 aliphatic rings. The molecule has 3 fully saturated rings. The minimum atomic E-state index is -0.926. The fourth-order valence-corrected chi connectivity index (χ4v) is 7.01. The van der Waals surface area contributed by atoms with Crippen LogP contribution in [0.15, 0.2) is 24.5 Å². The van der Waals surface area contributed by atoms with E-state index in [2.05, 4.69) is 30.2 Å². The quantitative estimate of drug-likeness (QED) is 0.163. The van der Waals surface area contributed by atoms with E-state index in [1.54, 1.807) is 25.3 Å². The normalized spacial score (nSPS) is 21.3. The Morgan fingerprint density at radius 1 is 1.10 bits per heavy atom. The Bertz CT molecular complexity index is 1640. The summed E-state index contributed by atoms with van der Waals surface area (Å²) in [4.78, 5) is 46.0. The lowest BCUT2D eigenvalue weighted by Gasteiger charge is -2.47. The largest absolute Gasteiger partial charge is 0.511 e. The van der Waals surface area contributed by atoms with Crippen molar-refractivity contribution in [1.82, 2.24) is 24.9 Å². The van der Waals surface area contributed by atoms with Crippen LogP contribution in [-0.4, -0.2) is 56.5 Å². The van der Waals surface area contributed by atoms with Gasteiger partial charge in [-0.1, -0.05) is 23.2 Å². The third-order valence-corrected chi connectivity index (χ3v) is 9.10. The zero-order valence-electron chi connectivity index (χ0n) is 22.2. The van der Waals surface area contributed by atoms with Crippen molar-refractivity contribution in [2.24, 2.45) is 17.8 Å². The van der Waals surface area contributed by atoms with E-state index in [0.29, 0.717) is 25.9 Å². The van der Waals surface area contributed by atoms with Crippen LogP contribution in [0.1, 0.15) is 32.6 Å². The van der Waals surface area contributed by atoms with Gasteiger partial charge >= 0.3 is 12.1 Å². The van der Waals surface area contributed by atoms with Crippen LogP contribution in [-0.2, 0) is 19.0 Å². The number of esters is 1. The van der Waals surface area contributed by atoms with Gasteiger partial charge in [-0.05, 0) is 56.6 Å². The highest BCUT2D eigenvalue weighted by Gasteiger charge is 2.48. The summed E-state index contributed by atoms with van der Waals surface area (Å²) in [7, 11) is 0. The van der Waals surface area contributed by atoms with Crippen LogP contribution in [0, 0.1) is 23.6 Å². The van der Waals surface area contributed by atoms with E-state index in [-0.39, 0.29) is 40.9 Å². The van der Waals surface area contributed by atoms with Crippen molar-refractivity contribution < 1.29 is 28.2 Å². The van der Waals surface area contributed by atoms with E-state index in [1.807, 2.05) is 0 Å². The van der Waals surface area contributed by atoms with Crippen LogP contribution in [0.2, 0.25) is 9.49 Å². The van der Waals surface area contributed by atoms with Crippen LogP contribution in [0.5, 0.6) is 0 Å². The van der Waals surface area contributed by atoms with Crippen molar-refractivity contribution >= 4 is 63.6 Å². The lowest BCUT2D eigenvalue weighted by molar-refractivity contribution is -0.164. The number of aromatic nitrogens is 5. The van der Waals surface area contributed by atoms with Gasteiger partial charge in [-0.2, -0.15) is 0 Å². The summed E-state index contributed by atoms with van der Waals surface area (Å²) in [5.41, 5.74) is 1.42. The van der Waals surface area contributed by atoms with Gasteiger partial charge in [-0.15, -0.1) is 11.3 Å². The fourth-order valence-electron chi connectivity index (χ4n) is 5.85. The zero-order valence-corrected chi connectivity index (χ0v) is 24.6. The summed E-state index contributed by atoms with van der Waals surface area (Å²) in [5, 5.41) is 3.43. The maximum absolute atomic E-state index is 16.2. The molecule has 0 spiro atoms. The van der Waals surface area contributed by atoms with Gasteiger partial charge < -0.3 is 24.5 Å². The predicted molar refractivity (Wildman–Crippen MR) is 154 cm³/mol. The highest BCUT2D eigenvalue weighted by atomic mass is 35.5. The molecule has 220 valence electrons. The fraction of sp³-hybridized carbons (Fsp3) is 0.407. The number of carbonyl (C=O) groups is 2. The van der Waals surface area contributed by atoms with Gasteiger partial charge in [0.25, 0.3) is 0 Å². The number of nitrogens with zero attached hydrogens (tertiary/aromatic N) is 4. The third-order valence-electron chi connectivity index (χ3n) is 7.68. The Kier molecular flexibility index (Phi) is 8.15. The van der Waals surface area contributed by atoms with Crippen LogP contribution in [0.3, 0.4) is 0 Å². The molecule has 42 heavy (non-hydrogen) atoms. The van der Waals surface area contributed by atoms with Gasteiger partial charge in [0.1, 0.15) is 16.4 Å². The maximum Gasteiger partial charge on any atom is 0.511 e. The van der Waals surface area contributed by atoms with Crippen molar-refractivity contribution in [2.75, 3.05) is 18.7 Å². The number of hydrogen-bond acceptors (Lipinski definition) is 11. The van der Waals surface area contributed by atoms with Crippen molar-refractivity contribution in [3.05, 3.63) is 39.8 Å². The first-order valence-electron chi connectivity index (χ1n) is 13.4. The Hall–Kier alpha value is -3.55. The molecule has 2 bridgehead atoms. The molecule has 0 saturated heterocycles. The Balaban J connectivity index is 1.36. The smallest absolute Gasteiger partial charge is 0.435 e. The van der Waals surface area contributed by atoms with Gasteiger partial charge in [-0.3, -0.25) is 4.79 Å². The monoisotopic (exact) mass is 634 g/mol. The average Bonchev–Trinajstić information content (AvgIpc) is 3.60. The van der Waals surface area contributed by atoms with Gasteiger partial charge in [0.2, 0.25) is 6.79 Å². The first-order chi connectivity index (χ1) is 20.3. The van der Waals surface area contributed by atoms with Gasteiger partial charge in [0.05, 0.1) is 33.5 Å². The number of nitrogens with one attached hydrogen (secondary N) is 2. The molecule has 0 aliphatic heterocycles. The van der Waals surface area contributed by atoms with Crippen LogP contribution < -0.4 is 5.32 Å².